The minimum Gasteiger partial charge on any atom is -0.441 e. The van der Waals surface area contributed by atoms with E-state index >= 15 is 0 Å². The Morgan fingerprint density at radius 3 is 2.69 bits per heavy atom. The number of oxazole rings is 1. The van der Waals surface area contributed by atoms with Gasteiger partial charge in [0, 0.05) is 44.2 Å². The van der Waals surface area contributed by atoms with E-state index in [0.717, 1.165) is 19.2 Å². The van der Waals surface area contributed by atoms with E-state index in [2.05, 4.69) is 15.6 Å². The summed E-state index contributed by atoms with van der Waals surface area (Å²) in [7, 11) is 0. The number of hydrogen-bond acceptors (Lipinski definition) is 5. The lowest BCUT2D eigenvalue weighted by Gasteiger charge is -2.31. The molecule has 2 N–H and O–H groups in total. The van der Waals surface area contributed by atoms with Crippen LogP contribution in [0, 0.1) is 11.6 Å². The summed E-state index contributed by atoms with van der Waals surface area (Å²) in [4.78, 5) is 18.7. The van der Waals surface area contributed by atoms with Crippen molar-refractivity contribution in [1.29, 1.82) is 0 Å². The molecule has 3 heterocycles. The Bertz CT molecular complexity index is 788. The van der Waals surface area contributed by atoms with Crippen molar-refractivity contribution in [2.24, 2.45) is 0 Å². The Morgan fingerprint density at radius 2 is 2.00 bits per heavy atom. The van der Waals surface area contributed by atoms with Gasteiger partial charge in [0.25, 0.3) is 0 Å². The second-order valence-electron chi connectivity index (χ2n) is 6.27. The SMILES string of the molecule is Cl.O=C([C@@H]1CNCCN1)N1CCc2oc(-c3cc(F)cc(F)c3)nc2C1. The number of nitrogens with one attached hydrogen (secondary N) is 2. The zero-order valence-electron chi connectivity index (χ0n) is 13.9. The number of aromatic nitrogens is 1. The zero-order chi connectivity index (χ0) is 17.4. The van der Waals surface area contributed by atoms with Crippen LogP contribution in [-0.2, 0) is 17.8 Å². The molecule has 0 aliphatic carbocycles. The first-order valence-electron chi connectivity index (χ1n) is 8.28. The van der Waals surface area contributed by atoms with E-state index in [1.807, 2.05) is 0 Å². The van der Waals surface area contributed by atoms with Crippen LogP contribution in [0.5, 0.6) is 0 Å². The Balaban J connectivity index is 0.00000196. The number of amides is 1. The highest BCUT2D eigenvalue weighted by molar-refractivity contribution is 5.85. The number of hydrogen-bond donors (Lipinski definition) is 2. The van der Waals surface area contributed by atoms with Crippen molar-refractivity contribution < 1.29 is 18.0 Å². The molecule has 1 aromatic carbocycles. The molecule has 1 amide bonds. The van der Waals surface area contributed by atoms with Gasteiger partial charge in [-0.25, -0.2) is 13.8 Å². The molecule has 4 rings (SSSR count). The number of carbonyl (C=O) groups excluding carboxylic acids is 1. The van der Waals surface area contributed by atoms with E-state index in [1.54, 1.807) is 4.90 Å². The first-order chi connectivity index (χ1) is 12.1. The maximum Gasteiger partial charge on any atom is 0.241 e. The largest absolute Gasteiger partial charge is 0.441 e. The predicted molar refractivity (Wildman–Crippen MR) is 92.9 cm³/mol. The molecule has 0 unspecified atom stereocenters. The van der Waals surface area contributed by atoms with Gasteiger partial charge in [-0.05, 0) is 12.1 Å². The molecule has 0 radical (unpaired) electrons. The molecule has 0 spiro atoms. The minimum atomic E-state index is -0.682. The van der Waals surface area contributed by atoms with Crippen LogP contribution in [0.3, 0.4) is 0 Å². The molecule has 9 heteroatoms. The van der Waals surface area contributed by atoms with Crippen molar-refractivity contribution in [2.75, 3.05) is 26.2 Å². The summed E-state index contributed by atoms with van der Waals surface area (Å²) < 4.78 is 32.5. The monoisotopic (exact) mass is 384 g/mol. The van der Waals surface area contributed by atoms with Gasteiger partial charge in [-0.15, -0.1) is 12.4 Å². The molecular formula is C17H19ClF2N4O2. The molecule has 0 bridgehead atoms. The van der Waals surface area contributed by atoms with Crippen LogP contribution >= 0.6 is 12.4 Å². The zero-order valence-corrected chi connectivity index (χ0v) is 14.7. The summed E-state index contributed by atoms with van der Waals surface area (Å²) in [5, 5.41) is 6.40. The van der Waals surface area contributed by atoms with Crippen LogP contribution in [0.1, 0.15) is 11.5 Å². The highest BCUT2D eigenvalue weighted by atomic mass is 35.5. The Kier molecular flexibility index (Phi) is 5.55. The van der Waals surface area contributed by atoms with Crippen molar-refractivity contribution >= 4 is 18.3 Å². The van der Waals surface area contributed by atoms with E-state index in [-0.39, 0.29) is 35.8 Å². The first kappa shape index (κ1) is 18.8. The summed E-state index contributed by atoms with van der Waals surface area (Å²) >= 11 is 0. The van der Waals surface area contributed by atoms with Crippen LogP contribution in [0.4, 0.5) is 8.78 Å². The molecular weight excluding hydrogens is 366 g/mol. The van der Waals surface area contributed by atoms with Crippen LogP contribution in [-0.4, -0.2) is 48.0 Å². The van der Waals surface area contributed by atoms with Gasteiger partial charge >= 0.3 is 0 Å². The first-order valence-corrected chi connectivity index (χ1v) is 8.28. The molecule has 140 valence electrons. The van der Waals surface area contributed by atoms with Crippen LogP contribution in [0.2, 0.25) is 0 Å². The number of carbonyl (C=O) groups is 1. The Hall–Kier alpha value is -2.03. The predicted octanol–water partition coefficient (Wildman–Crippen LogP) is 1.49. The van der Waals surface area contributed by atoms with Gasteiger partial charge in [0.1, 0.15) is 23.1 Å². The summed E-state index contributed by atoms with van der Waals surface area (Å²) in [5.41, 5.74) is 0.894. The molecule has 0 saturated carbocycles. The van der Waals surface area contributed by atoms with Crippen LogP contribution < -0.4 is 10.6 Å². The lowest BCUT2D eigenvalue weighted by atomic mass is 10.1. The third-order valence-electron chi connectivity index (χ3n) is 4.49. The van der Waals surface area contributed by atoms with Crippen molar-refractivity contribution in [3.63, 3.8) is 0 Å². The molecule has 2 aliphatic rings. The van der Waals surface area contributed by atoms with Gasteiger partial charge in [0.15, 0.2) is 0 Å². The van der Waals surface area contributed by atoms with Crippen molar-refractivity contribution in [3.8, 4) is 11.5 Å². The van der Waals surface area contributed by atoms with Crippen molar-refractivity contribution in [3.05, 3.63) is 41.3 Å². The molecule has 1 saturated heterocycles. The van der Waals surface area contributed by atoms with Crippen molar-refractivity contribution in [1.82, 2.24) is 20.5 Å². The Morgan fingerprint density at radius 1 is 1.23 bits per heavy atom. The number of fused-ring (bicyclic) bond motifs is 1. The highest BCUT2D eigenvalue weighted by Crippen LogP contribution is 2.27. The summed E-state index contributed by atoms with van der Waals surface area (Å²) in [6.45, 7) is 3.10. The van der Waals surface area contributed by atoms with Gasteiger partial charge in [-0.1, -0.05) is 0 Å². The lowest BCUT2D eigenvalue weighted by Crippen LogP contribution is -2.57. The summed E-state index contributed by atoms with van der Waals surface area (Å²) in [6.07, 6.45) is 0.534. The third kappa shape index (κ3) is 3.72. The van der Waals surface area contributed by atoms with Crippen LogP contribution in [0.25, 0.3) is 11.5 Å². The fourth-order valence-corrected chi connectivity index (χ4v) is 3.24. The Labute approximate surface area is 155 Å². The normalized spacial score (nSPS) is 19.6. The number of benzene rings is 1. The molecule has 26 heavy (non-hydrogen) atoms. The number of piperazine rings is 1. The van der Waals surface area contributed by atoms with Gasteiger partial charge in [0.05, 0.1) is 12.6 Å². The van der Waals surface area contributed by atoms with E-state index in [9.17, 15) is 13.6 Å². The van der Waals surface area contributed by atoms with E-state index in [0.29, 0.717) is 37.5 Å². The number of halogens is 3. The molecule has 1 aromatic heterocycles. The average Bonchev–Trinajstić information content (AvgIpc) is 3.04. The maximum atomic E-state index is 13.4. The standard InChI is InChI=1S/C17H18F2N4O2.ClH/c18-11-5-10(6-12(19)7-11)16-22-14-9-23(4-1-15(14)25-16)17(24)13-8-20-2-3-21-13;/h5-7,13,20-21H,1-4,8-9H2;1H/t13-;/m0./s1. The third-order valence-corrected chi connectivity index (χ3v) is 4.49. The van der Waals surface area contributed by atoms with Crippen molar-refractivity contribution in [2.45, 2.75) is 19.0 Å². The summed E-state index contributed by atoms with van der Waals surface area (Å²) in [5.74, 6) is -0.495. The second-order valence-corrected chi connectivity index (χ2v) is 6.27. The van der Waals surface area contributed by atoms with E-state index in [4.69, 9.17) is 4.42 Å². The lowest BCUT2D eigenvalue weighted by molar-refractivity contribution is -0.134. The van der Waals surface area contributed by atoms with Gasteiger partial charge in [0.2, 0.25) is 11.8 Å². The fourth-order valence-electron chi connectivity index (χ4n) is 3.24. The van der Waals surface area contributed by atoms with Gasteiger partial charge < -0.3 is 20.0 Å². The van der Waals surface area contributed by atoms with E-state index in [1.165, 1.54) is 12.1 Å². The summed E-state index contributed by atoms with van der Waals surface area (Å²) in [6, 6.07) is 2.93. The maximum absolute atomic E-state index is 13.4. The number of rotatable bonds is 2. The minimum absolute atomic E-state index is 0. The number of nitrogens with zero attached hydrogens (tertiary/aromatic N) is 2. The molecule has 2 aliphatic heterocycles. The van der Waals surface area contributed by atoms with E-state index < -0.39 is 11.6 Å². The smallest absolute Gasteiger partial charge is 0.241 e. The highest BCUT2D eigenvalue weighted by Gasteiger charge is 2.30. The van der Waals surface area contributed by atoms with Gasteiger partial charge in [-0.3, -0.25) is 4.79 Å². The quantitative estimate of drug-likeness (QED) is 0.821. The molecule has 1 fully saturated rings. The molecule has 1 atom stereocenters. The molecule has 2 aromatic rings. The average molecular weight is 385 g/mol. The fraction of sp³-hybridized carbons (Fsp3) is 0.412. The van der Waals surface area contributed by atoms with Crippen LogP contribution in [0.15, 0.2) is 22.6 Å². The second kappa shape index (κ2) is 7.69. The van der Waals surface area contributed by atoms with Gasteiger partial charge in [-0.2, -0.15) is 0 Å². The molecule has 6 nitrogen and oxygen atoms in total. The topological polar surface area (TPSA) is 70.4 Å².